The van der Waals surface area contributed by atoms with Crippen molar-refractivity contribution in [2.75, 3.05) is 5.32 Å². The van der Waals surface area contributed by atoms with Crippen molar-refractivity contribution in [3.05, 3.63) is 41.7 Å². The van der Waals surface area contributed by atoms with Crippen LogP contribution in [0.2, 0.25) is 0 Å². The van der Waals surface area contributed by atoms with E-state index in [9.17, 15) is 4.79 Å². The standard InChI is InChI=1S/C11H11N3O/c1-8-11(6-12-14-8)13-10-5-3-2-4-9(10)7-15/h2-7,13H,1H3,(H,12,14). The van der Waals surface area contributed by atoms with Gasteiger partial charge in [-0.3, -0.25) is 9.89 Å². The van der Waals surface area contributed by atoms with E-state index in [1.807, 2.05) is 25.1 Å². The number of aldehydes is 1. The summed E-state index contributed by atoms with van der Waals surface area (Å²) in [5.74, 6) is 0. The molecular weight excluding hydrogens is 190 g/mol. The van der Waals surface area contributed by atoms with E-state index in [1.54, 1.807) is 12.3 Å². The maximum absolute atomic E-state index is 10.8. The molecule has 15 heavy (non-hydrogen) atoms. The topological polar surface area (TPSA) is 57.8 Å². The Morgan fingerprint density at radius 2 is 2.13 bits per heavy atom. The summed E-state index contributed by atoms with van der Waals surface area (Å²) < 4.78 is 0. The molecule has 0 amide bonds. The van der Waals surface area contributed by atoms with Gasteiger partial charge in [0.05, 0.1) is 17.6 Å². The summed E-state index contributed by atoms with van der Waals surface area (Å²) >= 11 is 0. The van der Waals surface area contributed by atoms with Crippen molar-refractivity contribution in [2.24, 2.45) is 0 Å². The highest BCUT2D eigenvalue weighted by Gasteiger charge is 2.03. The maximum atomic E-state index is 10.8. The third-order valence-electron chi connectivity index (χ3n) is 2.19. The summed E-state index contributed by atoms with van der Waals surface area (Å²) in [7, 11) is 0. The highest BCUT2D eigenvalue weighted by Crippen LogP contribution is 2.20. The number of rotatable bonds is 3. The zero-order chi connectivity index (χ0) is 10.7. The minimum Gasteiger partial charge on any atom is -0.352 e. The van der Waals surface area contributed by atoms with Crippen molar-refractivity contribution in [1.82, 2.24) is 10.2 Å². The predicted molar refractivity (Wildman–Crippen MR) is 58.4 cm³/mol. The maximum Gasteiger partial charge on any atom is 0.152 e. The van der Waals surface area contributed by atoms with Gasteiger partial charge < -0.3 is 5.32 Å². The van der Waals surface area contributed by atoms with Gasteiger partial charge >= 0.3 is 0 Å². The van der Waals surface area contributed by atoms with Gasteiger partial charge in [0.2, 0.25) is 0 Å². The molecule has 0 aliphatic heterocycles. The Kier molecular flexibility index (Phi) is 2.49. The molecule has 0 spiro atoms. The summed E-state index contributed by atoms with van der Waals surface area (Å²) in [5.41, 5.74) is 3.25. The summed E-state index contributed by atoms with van der Waals surface area (Å²) in [6.45, 7) is 1.92. The first kappa shape index (κ1) is 9.45. The Labute approximate surface area is 87.3 Å². The monoisotopic (exact) mass is 201 g/mol. The smallest absolute Gasteiger partial charge is 0.152 e. The third-order valence-corrected chi connectivity index (χ3v) is 2.19. The van der Waals surface area contributed by atoms with Crippen LogP contribution in [0.5, 0.6) is 0 Å². The molecule has 0 aliphatic carbocycles. The molecule has 76 valence electrons. The number of para-hydroxylation sites is 1. The number of aromatic nitrogens is 2. The Morgan fingerprint density at radius 1 is 1.33 bits per heavy atom. The van der Waals surface area contributed by atoms with Gasteiger partial charge in [0.25, 0.3) is 0 Å². The van der Waals surface area contributed by atoms with Crippen molar-refractivity contribution in [2.45, 2.75) is 6.92 Å². The van der Waals surface area contributed by atoms with Gasteiger partial charge in [-0.2, -0.15) is 5.10 Å². The van der Waals surface area contributed by atoms with Crippen LogP contribution in [0.1, 0.15) is 16.1 Å². The van der Waals surface area contributed by atoms with Crippen LogP contribution in [-0.2, 0) is 0 Å². The molecule has 4 heteroatoms. The van der Waals surface area contributed by atoms with E-state index < -0.39 is 0 Å². The molecule has 2 rings (SSSR count). The van der Waals surface area contributed by atoms with Crippen LogP contribution in [0.4, 0.5) is 11.4 Å². The minimum atomic E-state index is 0.637. The van der Waals surface area contributed by atoms with Crippen molar-refractivity contribution >= 4 is 17.7 Å². The molecule has 0 saturated heterocycles. The molecule has 0 fully saturated rings. The molecule has 0 radical (unpaired) electrons. The lowest BCUT2D eigenvalue weighted by Gasteiger charge is -2.06. The van der Waals surface area contributed by atoms with E-state index in [-0.39, 0.29) is 0 Å². The van der Waals surface area contributed by atoms with Crippen LogP contribution < -0.4 is 5.32 Å². The number of carbonyl (C=O) groups is 1. The first-order valence-corrected chi connectivity index (χ1v) is 4.62. The largest absolute Gasteiger partial charge is 0.352 e. The fourth-order valence-electron chi connectivity index (χ4n) is 1.34. The van der Waals surface area contributed by atoms with Crippen LogP contribution in [0.3, 0.4) is 0 Å². The summed E-state index contributed by atoms with van der Waals surface area (Å²) in [6.07, 6.45) is 2.52. The van der Waals surface area contributed by atoms with Gasteiger partial charge in [0, 0.05) is 11.3 Å². The van der Waals surface area contributed by atoms with Gasteiger partial charge in [0.1, 0.15) is 0 Å². The van der Waals surface area contributed by atoms with Crippen molar-refractivity contribution in [3.8, 4) is 0 Å². The highest BCUT2D eigenvalue weighted by atomic mass is 16.1. The molecule has 0 unspecified atom stereocenters. The number of hydrogen-bond acceptors (Lipinski definition) is 3. The van der Waals surface area contributed by atoms with Gasteiger partial charge in [-0.05, 0) is 19.1 Å². The van der Waals surface area contributed by atoms with E-state index in [1.165, 1.54) is 0 Å². The first-order chi connectivity index (χ1) is 7.31. The number of aromatic amines is 1. The van der Waals surface area contributed by atoms with Crippen LogP contribution >= 0.6 is 0 Å². The number of H-pyrrole nitrogens is 1. The van der Waals surface area contributed by atoms with Gasteiger partial charge in [-0.25, -0.2) is 0 Å². The normalized spacial score (nSPS) is 9.93. The number of carbonyl (C=O) groups excluding carboxylic acids is 1. The molecule has 0 saturated carbocycles. The Morgan fingerprint density at radius 3 is 2.80 bits per heavy atom. The van der Waals surface area contributed by atoms with Crippen molar-refractivity contribution < 1.29 is 4.79 Å². The number of nitrogens with one attached hydrogen (secondary N) is 2. The second-order valence-electron chi connectivity index (χ2n) is 3.24. The van der Waals surface area contributed by atoms with E-state index >= 15 is 0 Å². The van der Waals surface area contributed by atoms with E-state index in [0.29, 0.717) is 5.56 Å². The third kappa shape index (κ3) is 1.88. The van der Waals surface area contributed by atoms with Crippen molar-refractivity contribution in [3.63, 3.8) is 0 Å². The molecule has 0 aliphatic rings. The molecule has 1 aromatic heterocycles. The lowest BCUT2D eigenvalue weighted by Crippen LogP contribution is -1.95. The molecule has 0 atom stereocenters. The second kappa shape index (κ2) is 3.96. The number of aryl methyl sites for hydroxylation is 1. The minimum absolute atomic E-state index is 0.637. The summed E-state index contributed by atoms with van der Waals surface area (Å²) in [6, 6.07) is 7.34. The van der Waals surface area contributed by atoms with Crippen LogP contribution in [0.25, 0.3) is 0 Å². The van der Waals surface area contributed by atoms with Gasteiger partial charge in [-0.1, -0.05) is 12.1 Å². The quantitative estimate of drug-likeness (QED) is 0.749. The number of benzene rings is 1. The Balaban J connectivity index is 2.32. The van der Waals surface area contributed by atoms with Crippen LogP contribution in [-0.4, -0.2) is 16.5 Å². The predicted octanol–water partition coefficient (Wildman–Crippen LogP) is 2.27. The fourth-order valence-corrected chi connectivity index (χ4v) is 1.34. The average molecular weight is 201 g/mol. The second-order valence-corrected chi connectivity index (χ2v) is 3.24. The van der Waals surface area contributed by atoms with Crippen molar-refractivity contribution in [1.29, 1.82) is 0 Å². The zero-order valence-corrected chi connectivity index (χ0v) is 8.32. The van der Waals surface area contributed by atoms with E-state index in [2.05, 4.69) is 15.5 Å². The van der Waals surface area contributed by atoms with Crippen LogP contribution in [0.15, 0.2) is 30.5 Å². The molecular formula is C11H11N3O. The highest BCUT2D eigenvalue weighted by molar-refractivity contribution is 5.85. The molecule has 2 aromatic rings. The average Bonchev–Trinajstić information content (AvgIpc) is 2.65. The van der Waals surface area contributed by atoms with Gasteiger partial charge in [0.15, 0.2) is 6.29 Å². The number of nitrogens with zero attached hydrogens (tertiary/aromatic N) is 1. The first-order valence-electron chi connectivity index (χ1n) is 4.62. The Hall–Kier alpha value is -2.10. The fraction of sp³-hybridized carbons (Fsp3) is 0.0909. The summed E-state index contributed by atoms with van der Waals surface area (Å²) in [4.78, 5) is 10.8. The molecule has 4 nitrogen and oxygen atoms in total. The SMILES string of the molecule is Cc1[nH]ncc1Nc1ccccc1C=O. The van der Waals surface area contributed by atoms with Crippen LogP contribution in [0, 0.1) is 6.92 Å². The molecule has 1 heterocycles. The Bertz CT molecular complexity index is 476. The zero-order valence-electron chi connectivity index (χ0n) is 8.32. The molecule has 1 aromatic carbocycles. The molecule has 0 bridgehead atoms. The van der Waals surface area contributed by atoms with Gasteiger partial charge in [-0.15, -0.1) is 0 Å². The van der Waals surface area contributed by atoms with E-state index in [4.69, 9.17) is 0 Å². The number of anilines is 2. The molecule has 2 N–H and O–H groups in total. The lowest BCUT2D eigenvalue weighted by atomic mass is 10.2. The number of hydrogen-bond donors (Lipinski definition) is 2. The van der Waals surface area contributed by atoms with E-state index in [0.717, 1.165) is 23.4 Å². The lowest BCUT2D eigenvalue weighted by molar-refractivity contribution is 0.112. The summed E-state index contributed by atoms with van der Waals surface area (Å²) in [5, 5.41) is 9.87.